The average Bonchev–Trinajstić information content (AvgIpc) is 2.61. The Morgan fingerprint density at radius 3 is 2.65 bits per heavy atom. The summed E-state index contributed by atoms with van der Waals surface area (Å²) in [7, 11) is 0. The van der Waals surface area contributed by atoms with Crippen molar-refractivity contribution in [2.45, 2.75) is 37.5 Å². The topological polar surface area (TPSA) is 47.6 Å². The SMILES string of the molecule is O=C(N[C@@H]1CC[C@H]2OCCO[C@@H]2C1)c1cccc2ccccc12. The molecule has 0 spiro atoms. The van der Waals surface area contributed by atoms with E-state index in [4.69, 9.17) is 9.47 Å². The van der Waals surface area contributed by atoms with Gasteiger partial charge in [-0.1, -0.05) is 36.4 Å². The highest BCUT2D eigenvalue weighted by molar-refractivity contribution is 6.07. The van der Waals surface area contributed by atoms with E-state index in [1.54, 1.807) is 0 Å². The second kappa shape index (κ2) is 6.30. The standard InChI is InChI=1S/C19H21NO3/c21-19(16-7-3-5-13-4-1-2-6-15(13)16)20-14-8-9-17-18(12-14)23-11-10-22-17/h1-7,14,17-18H,8-12H2,(H,20,21)/t14-,17-,18-/m1/s1. The Balaban J connectivity index is 1.49. The molecular formula is C19H21NO3. The minimum Gasteiger partial charge on any atom is -0.373 e. The van der Waals surface area contributed by atoms with Gasteiger partial charge in [0.15, 0.2) is 0 Å². The fourth-order valence-corrected chi connectivity index (χ4v) is 3.68. The summed E-state index contributed by atoms with van der Waals surface area (Å²) in [5, 5.41) is 5.28. The van der Waals surface area contributed by atoms with Gasteiger partial charge < -0.3 is 14.8 Å². The van der Waals surface area contributed by atoms with Crippen LogP contribution >= 0.6 is 0 Å². The average molecular weight is 311 g/mol. The van der Waals surface area contributed by atoms with Crippen LogP contribution in [0.15, 0.2) is 42.5 Å². The lowest BCUT2D eigenvalue weighted by atomic mass is 9.89. The van der Waals surface area contributed by atoms with Crippen molar-refractivity contribution >= 4 is 16.7 Å². The quantitative estimate of drug-likeness (QED) is 0.927. The zero-order valence-electron chi connectivity index (χ0n) is 13.0. The second-order valence-corrected chi connectivity index (χ2v) is 6.33. The molecule has 1 heterocycles. The zero-order chi connectivity index (χ0) is 15.6. The third-order valence-electron chi connectivity index (χ3n) is 4.85. The monoisotopic (exact) mass is 311 g/mol. The molecule has 2 fully saturated rings. The molecule has 0 aromatic heterocycles. The number of rotatable bonds is 2. The molecular weight excluding hydrogens is 290 g/mol. The third-order valence-corrected chi connectivity index (χ3v) is 4.85. The van der Waals surface area contributed by atoms with Crippen molar-refractivity contribution in [1.29, 1.82) is 0 Å². The van der Waals surface area contributed by atoms with E-state index in [1.807, 2.05) is 42.5 Å². The van der Waals surface area contributed by atoms with E-state index >= 15 is 0 Å². The van der Waals surface area contributed by atoms with Crippen molar-refractivity contribution in [3.05, 3.63) is 48.0 Å². The number of hydrogen-bond donors (Lipinski definition) is 1. The Morgan fingerprint density at radius 2 is 1.74 bits per heavy atom. The van der Waals surface area contributed by atoms with Crippen molar-refractivity contribution in [3.63, 3.8) is 0 Å². The molecule has 2 aromatic carbocycles. The first-order valence-corrected chi connectivity index (χ1v) is 8.33. The highest BCUT2D eigenvalue weighted by atomic mass is 16.6. The zero-order valence-corrected chi connectivity index (χ0v) is 13.0. The van der Waals surface area contributed by atoms with Crippen LogP contribution in [-0.4, -0.2) is 37.4 Å². The highest BCUT2D eigenvalue weighted by Crippen LogP contribution is 2.27. The molecule has 0 radical (unpaired) electrons. The Labute approximate surface area is 135 Å². The van der Waals surface area contributed by atoms with Gasteiger partial charge >= 0.3 is 0 Å². The molecule has 4 heteroatoms. The minimum atomic E-state index is 0.00183. The molecule has 0 bridgehead atoms. The molecule has 0 unspecified atom stereocenters. The van der Waals surface area contributed by atoms with Gasteiger partial charge in [0.1, 0.15) is 0 Å². The number of hydrogen-bond acceptors (Lipinski definition) is 3. The number of benzene rings is 2. The number of ether oxygens (including phenoxy) is 2. The highest BCUT2D eigenvalue weighted by Gasteiger charge is 2.34. The molecule has 1 N–H and O–H groups in total. The Bertz CT molecular complexity index is 709. The van der Waals surface area contributed by atoms with Crippen molar-refractivity contribution < 1.29 is 14.3 Å². The van der Waals surface area contributed by atoms with Gasteiger partial charge in [-0.05, 0) is 36.1 Å². The van der Waals surface area contributed by atoms with Gasteiger partial charge in [-0.15, -0.1) is 0 Å². The largest absolute Gasteiger partial charge is 0.373 e. The van der Waals surface area contributed by atoms with Gasteiger partial charge in [0.25, 0.3) is 5.91 Å². The van der Waals surface area contributed by atoms with Crippen LogP contribution in [0.1, 0.15) is 29.6 Å². The summed E-state index contributed by atoms with van der Waals surface area (Å²) in [6, 6.07) is 14.0. The molecule has 2 aromatic rings. The molecule has 1 saturated carbocycles. The van der Waals surface area contributed by atoms with Crippen LogP contribution in [0.3, 0.4) is 0 Å². The second-order valence-electron chi connectivity index (χ2n) is 6.33. The van der Waals surface area contributed by atoms with Crippen molar-refractivity contribution in [1.82, 2.24) is 5.32 Å². The normalized spacial score (nSPS) is 27.4. The molecule has 120 valence electrons. The van der Waals surface area contributed by atoms with E-state index in [1.165, 1.54) is 0 Å². The first-order valence-electron chi connectivity index (χ1n) is 8.33. The van der Waals surface area contributed by atoms with Gasteiger partial charge in [-0.2, -0.15) is 0 Å². The lowest BCUT2D eigenvalue weighted by molar-refractivity contribution is -0.157. The third kappa shape index (κ3) is 2.96. The molecule has 23 heavy (non-hydrogen) atoms. The fraction of sp³-hybridized carbons (Fsp3) is 0.421. The minimum absolute atomic E-state index is 0.00183. The first-order chi connectivity index (χ1) is 11.3. The molecule has 1 aliphatic heterocycles. The Kier molecular flexibility index (Phi) is 4.02. The summed E-state index contributed by atoms with van der Waals surface area (Å²) in [5.41, 5.74) is 0.742. The molecule has 4 nitrogen and oxygen atoms in total. The van der Waals surface area contributed by atoms with E-state index < -0.39 is 0 Å². The van der Waals surface area contributed by atoms with Crippen LogP contribution in [0.5, 0.6) is 0 Å². The molecule has 1 saturated heterocycles. The molecule has 4 rings (SSSR count). The fourth-order valence-electron chi connectivity index (χ4n) is 3.68. The number of carbonyl (C=O) groups excluding carboxylic acids is 1. The van der Waals surface area contributed by atoms with E-state index in [0.717, 1.165) is 35.6 Å². The maximum atomic E-state index is 12.7. The predicted octanol–water partition coefficient (Wildman–Crippen LogP) is 2.91. The predicted molar refractivity (Wildman–Crippen MR) is 88.5 cm³/mol. The van der Waals surface area contributed by atoms with Crippen LogP contribution < -0.4 is 5.32 Å². The smallest absolute Gasteiger partial charge is 0.252 e. The lowest BCUT2D eigenvalue weighted by Gasteiger charge is -2.39. The molecule has 1 amide bonds. The maximum absolute atomic E-state index is 12.7. The van der Waals surface area contributed by atoms with Gasteiger partial charge in [-0.25, -0.2) is 0 Å². The van der Waals surface area contributed by atoms with Crippen LogP contribution in [0, 0.1) is 0 Å². The summed E-state index contributed by atoms with van der Waals surface area (Å²) in [6.07, 6.45) is 3.05. The molecule has 2 aliphatic rings. The van der Waals surface area contributed by atoms with Crippen LogP contribution in [-0.2, 0) is 9.47 Å². The molecule has 3 atom stereocenters. The molecule has 1 aliphatic carbocycles. The van der Waals surface area contributed by atoms with Gasteiger partial charge in [0.05, 0.1) is 25.4 Å². The lowest BCUT2D eigenvalue weighted by Crippen LogP contribution is -2.49. The summed E-state index contributed by atoms with van der Waals surface area (Å²) in [5.74, 6) is 0.00183. The maximum Gasteiger partial charge on any atom is 0.252 e. The Hall–Kier alpha value is -1.91. The van der Waals surface area contributed by atoms with Crippen molar-refractivity contribution in [2.75, 3.05) is 13.2 Å². The van der Waals surface area contributed by atoms with E-state index in [-0.39, 0.29) is 24.2 Å². The summed E-state index contributed by atoms with van der Waals surface area (Å²) in [4.78, 5) is 12.7. The van der Waals surface area contributed by atoms with Crippen LogP contribution in [0.2, 0.25) is 0 Å². The van der Waals surface area contributed by atoms with Crippen molar-refractivity contribution in [3.8, 4) is 0 Å². The number of nitrogens with one attached hydrogen (secondary N) is 1. The van der Waals surface area contributed by atoms with E-state index in [2.05, 4.69) is 5.32 Å². The van der Waals surface area contributed by atoms with Crippen LogP contribution in [0.4, 0.5) is 0 Å². The summed E-state index contributed by atoms with van der Waals surface area (Å²) in [6.45, 7) is 1.35. The number of amides is 1. The Morgan fingerprint density at radius 1 is 0.957 bits per heavy atom. The first kappa shape index (κ1) is 14.7. The summed E-state index contributed by atoms with van der Waals surface area (Å²) >= 11 is 0. The van der Waals surface area contributed by atoms with Gasteiger partial charge in [-0.3, -0.25) is 4.79 Å². The van der Waals surface area contributed by atoms with Gasteiger partial charge in [0, 0.05) is 11.6 Å². The summed E-state index contributed by atoms with van der Waals surface area (Å²) < 4.78 is 11.5. The number of carbonyl (C=O) groups is 1. The number of fused-ring (bicyclic) bond motifs is 2. The van der Waals surface area contributed by atoms with E-state index in [0.29, 0.717) is 13.2 Å². The van der Waals surface area contributed by atoms with Crippen molar-refractivity contribution in [2.24, 2.45) is 0 Å². The van der Waals surface area contributed by atoms with Gasteiger partial charge in [0.2, 0.25) is 0 Å². The van der Waals surface area contributed by atoms with Crippen LogP contribution in [0.25, 0.3) is 10.8 Å². The van der Waals surface area contributed by atoms with E-state index in [9.17, 15) is 4.79 Å².